The molecular formula is C20H21N5O. The third-order valence-electron chi connectivity index (χ3n) is 4.76. The maximum Gasteiger partial charge on any atom is 0.258 e. The highest BCUT2D eigenvalue weighted by Gasteiger charge is 2.28. The fraction of sp³-hybridized carbons (Fsp3) is 0.250. The molecule has 0 aliphatic carbocycles. The first-order valence-corrected chi connectivity index (χ1v) is 8.87. The van der Waals surface area contributed by atoms with Gasteiger partial charge in [-0.25, -0.2) is 9.99 Å². The van der Waals surface area contributed by atoms with Crippen LogP contribution in [0.5, 0.6) is 0 Å². The molecule has 0 radical (unpaired) electrons. The molecule has 0 fully saturated rings. The number of likely N-dealkylation sites (N-methyl/N-ethyl adjacent to an activating group) is 1. The van der Waals surface area contributed by atoms with Gasteiger partial charge in [-0.05, 0) is 41.8 Å². The Balaban J connectivity index is 1.77. The van der Waals surface area contributed by atoms with E-state index in [0.29, 0.717) is 0 Å². The molecule has 26 heavy (non-hydrogen) atoms. The van der Waals surface area contributed by atoms with Crippen molar-refractivity contribution in [1.82, 2.24) is 25.4 Å². The number of benzene rings is 1. The number of carbonyl (C=O) groups excluding carboxylic acids is 1. The highest BCUT2D eigenvalue weighted by molar-refractivity contribution is 5.89. The minimum atomic E-state index is -0.0532. The number of hydrogen-bond donors (Lipinski definition) is 2. The first-order valence-electron chi connectivity index (χ1n) is 8.87. The summed E-state index contributed by atoms with van der Waals surface area (Å²) in [6, 6.07) is 10.2. The van der Waals surface area contributed by atoms with Crippen LogP contribution >= 0.6 is 0 Å². The molecule has 1 unspecified atom stereocenters. The van der Waals surface area contributed by atoms with Gasteiger partial charge in [-0.1, -0.05) is 19.9 Å². The lowest BCUT2D eigenvalue weighted by Crippen LogP contribution is -2.47. The number of H-pyrrole nitrogens is 1. The van der Waals surface area contributed by atoms with Gasteiger partial charge in [0.15, 0.2) is 0 Å². The van der Waals surface area contributed by atoms with Crippen molar-refractivity contribution in [3.63, 3.8) is 0 Å². The number of hydrogen-bond acceptors (Lipinski definition) is 4. The lowest BCUT2D eigenvalue weighted by Gasteiger charge is -2.35. The molecule has 1 aromatic carbocycles. The molecule has 1 atom stereocenters. The number of aromatic amines is 1. The lowest BCUT2D eigenvalue weighted by molar-refractivity contribution is -0.123. The van der Waals surface area contributed by atoms with Crippen LogP contribution in [-0.4, -0.2) is 32.4 Å². The number of fused-ring (bicyclic) bond motifs is 1. The van der Waals surface area contributed by atoms with Gasteiger partial charge in [-0.3, -0.25) is 15.2 Å². The van der Waals surface area contributed by atoms with Crippen LogP contribution in [0.2, 0.25) is 0 Å². The van der Waals surface area contributed by atoms with Gasteiger partial charge in [-0.15, -0.1) is 0 Å². The van der Waals surface area contributed by atoms with Crippen LogP contribution in [0.4, 0.5) is 0 Å². The van der Waals surface area contributed by atoms with Crippen molar-refractivity contribution >= 4 is 16.9 Å². The average Bonchev–Trinajstić information content (AvgIpc) is 3.11. The molecule has 1 amide bonds. The third-order valence-corrected chi connectivity index (χ3v) is 4.76. The molecule has 2 aromatic heterocycles. The van der Waals surface area contributed by atoms with E-state index in [2.05, 4.69) is 39.4 Å². The molecule has 6 nitrogen and oxygen atoms in total. The van der Waals surface area contributed by atoms with Crippen LogP contribution in [0.15, 0.2) is 54.4 Å². The SMILES string of the molecule is CCC1=CC(=O)NN(CC)C1c1ccc2nc(-c3ccncc3)[nH]c2c1. The molecule has 0 bridgehead atoms. The Bertz CT molecular complexity index is 976. The van der Waals surface area contributed by atoms with Crippen molar-refractivity contribution in [2.75, 3.05) is 6.54 Å². The van der Waals surface area contributed by atoms with Gasteiger partial charge in [-0.2, -0.15) is 0 Å². The van der Waals surface area contributed by atoms with E-state index in [1.807, 2.05) is 30.1 Å². The van der Waals surface area contributed by atoms with Crippen LogP contribution in [0.3, 0.4) is 0 Å². The molecular weight excluding hydrogens is 326 g/mol. The predicted molar refractivity (Wildman–Crippen MR) is 101 cm³/mol. The van der Waals surface area contributed by atoms with Gasteiger partial charge in [0.2, 0.25) is 0 Å². The zero-order valence-electron chi connectivity index (χ0n) is 14.9. The number of nitrogens with one attached hydrogen (secondary N) is 2. The van der Waals surface area contributed by atoms with Gasteiger partial charge < -0.3 is 4.98 Å². The first-order chi connectivity index (χ1) is 12.7. The fourth-order valence-corrected chi connectivity index (χ4v) is 3.48. The zero-order valence-corrected chi connectivity index (χ0v) is 14.9. The van der Waals surface area contributed by atoms with Crippen molar-refractivity contribution in [3.8, 4) is 11.4 Å². The molecule has 3 heterocycles. The average molecular weight is 347 g/mol. The molecule has 3 aromatic rings. The number of pyridine rings is 1. The Labute approximate surface area is 151 Å². The summed E-state index contributed by atoms with van der Waals surface area (Å²) in [5.41, 5.74) is 8.11. The van der Waals surface area contributed by atoms with E-state index < -0.39 is 0 Å². The first kappa shape index (κ1) is 16.5. The maximum atomic E-state index is 11.9. The zero-order chi connectivity index (χ0) is 18.1. The maximum absolute atomic E-state index is 11.9. The number of imidazole rings is 1. The molecule has 0 spiro atoms. The summed E-state index contributed by atoms with van der Waals surface area (Å²) in [4.78, 5) is 24.0. The highest BCUT2D eigenvalue weighted by Crippen LogP contribution is 2.33. The van der Waals surface area contributed by atoms with Gasteiger partial charge in [0.05, 0.1) is 17.1 Å². The van der Waals surface area contributed by atoms with E-state index in [1.54, 1.807) is 18.5 Å². The molecule has 2 N–H and O–H groups in total. The molecule has 4 rings (SSSR count). The van der Waals surface area contributed by atoms with Crippen LogP contribution in [0, 0.1) is 0 Å². The monoisotopic (exact) mass is 347 g/mol. The standard InChI is InChI=1S/C20H21N5O/c1-3-13-12-18(26)24-25(4-2)19(13)15-5-6-16-17(11-15)23-20(22-16)14-7-9-21-10-8-14/h5-12,19H,3-4H2,1-2H3,(H,22,23)(H,24,26). The Kier molecular flexibility index (Phi) is 4.26. The normalized spacial score (nSPS) is 18.0. The van der Waals surface area contributed by atoms with Crippen LogP contribution in [0.1, 0.15) is 31.9 Å². The number of rotatable bonds is 4. The fourth-order valence-electron chi connectivity index (χ4n) is 3.48. The summed E-state index contributed by atoms with van der Waals surface area (Å²) in [5.74, 6) is 0.776. The summed E-state index contributed by atoms with van der Waals surface area (Å²) in [6.07, 6.45) is 6.07. The van der Waals surface area contributed by atoms with Gasteiger partial charge in [0.1, 0.15) is 5.82 Å². The van der Waals surface area contributed by atoms with Crippen molar-refractivity contribution in [1.29, 1.82) is 0 Å². The van der Waals surface area contributed by atoms with Crippen LogP contribution < -0.4 is 5.43 Å². The predicted octanol–water partition coefficient (Wildman–Crippen LogP) is 3.37. The Hall–Kier alpha value is -2.99. The summed E-state index contributed by atoms with van der Waals surface area (Å²) >= 11 is 0. The summed E-state index contributed by atoms with van der Waals surface area (Å²) < 4.78 is 0. The Morgan fingerprint density at radius 1 is 1.15 bits per heavy atom. The Morgan fingerprint density at radius 3 is 2.69 bits per heavy atom. The van der Waals surface area contributed by atoms with E-state index in [4.69, 9.17) is 0 Å². The van der Waals surface area contributed by atoms with E-state index >= 15 is 0 Å². The molecule has 1 aliphatic rings. The van der Waals surface area contributed by atoms with E-state index in [-0.39, 0.29) is 11.9 Å². The molecule has 6 heteroatoms. The summed E-state index contributed by atoms with van der Waals surface area (Å²) in [6.45, 7) is 4.86. The van der Waals surface area contributed by atoms with Gasteiger partial charge in [0.25, 0.3) is 5.91 Å². The lowest BCUT2D eigenvalue weighted by atomic mass is 9.94. The summed E-state index contributed by atoms with van der Waals surface area (Å²) in [5, 5.41) is 1.99. The number of nitrogens with zero attached hydrogens (tertiary/aromatic N) is 3. The molecule has 0 saturated heterocycles. The number of amides is 1. The quantitative estimate of drug-likeness (QED) is 0.759. The number of carbonyl (C=O) groups is 1. The van der Waals surface area contributed by atoms with Crippen LogP contribution in [0.25, 0.3) is 22.4 Å². The van der Waals surface area contributed by atoms with Crippen molar-refractivity contribution in [2.24, 2.45) is 0 Å². The molecule has 1 aliphatic heterocycles. The second kappa shape index (κ2) is 6.72. The van der Waals surface area contributed by atoms with Crippen molar-refractivity contribution in [2.45, 2.75) is 26.3 Å². The largest absolute Gasteiger partial charge is 0.338 e. The van der Waals surface area contributed by atoms with Gasteiger partial charge >= 0.3 is 0 Å². The molecule has 0 saturated carbocycles. The second-order valence-corrected chi connectivity index (χ2v) is 6.34. The molecule has 132 valence electrons. The van der Waals surface area contributed by atoms with E-state index in [0.717, 1.165) is 46.5 Å². The second-order valence-electron chi connectivity index (χ2n) is 6.34. The highest BCUT2D eigenvalue weighted by atomic mass is 16.2. The van der Waals surface area contributed by atoms with Crippen molar-refractivity contribution in [3.05, 3.63) is 59.9 Å². The minimum Gasteiger partial charge on any atom is -0.338 e. The van der Waals surface area contributed by atoms with E-state index in [1.165, 1.54) is 0 Å². The minimum absolute atomic E-state index is 0.0415. The summed E-state index contributed by atoms with van der Waals surface area (Å²) in [7, 11) is 0. The topological polar surface area (TPSA) is 73.9 Å². The van der Waals surface area contributed by atoms with Gasteiger partial charge in [0, 0.05) is 30.6 Å². The number of hydrazine groups is 1. The Morgan fingerprint density at radius 2 is 1.96 bits per heavy atom. The van der Waals surface area contributed by atoms with Crippen LogP contribution in [-0.2, 0) is 4.79 Å². The van der Waals surface area contributed by atoms with E-state index in [9.17, 15) is 4.79 Å². The van der Waals surface area contributed by atoms with Crippen molar-refractivity contribution < 1.29 is 4.79 Å². The smallest absolute Gasteiger partial charge is 0.258 e. The number of aromatic nitrogens is 3. The third kappa shape index (κ3) is 2.88.